The van der Waals surface area contributed by atoms with E-state index < -0.39 is 6.10 Å². The van der Waals surface area contributed by atoms with Gasteiger partial charge in [-0.1, -0.05) is 24.3 Å². The van der Waals surface area contributed by atoms with E-state index in [1.165, 1.54) is 18.4 Å². The van der Waals surface area contributed by atoms with Crippen molar-refractivity contribution in [2.75, 3.05) is 26.2 Å². The molecule has 108 valence electrons. The largest absolute Gasteiger partial charge is 0.363 e. The van der Waals surface area contributed by atoms with Gasteiger partial charge >= 0.3 is 0 Å². The van der Waals surface area contributed by atoms with E-state index in [9.17, 15) is 4.79 Å². The summed E-state index contributed by atoms with van der Waals surface area (Å²) in [5, 5.41) is 6.43. The molecule has 1 saturated heterocycles. The number of piperidine rings is 1. The van der Waals surface area contributed by atoms with E-state index in [2.05, 4.69) is 16.7 Å². The lowest BCUT2D eigenvalue weighted by Crippen LogP contribution is -2.40. The van der Waals surface area contributed by atoms with Crippen LogP contribution in [0.5, 0.6) is 0 Å². The Balaban J connectivity index is 1.60. The van der Waals surface area contributed by atoms with Crippen LogP contribution in [0, 0.1) is 5.92 Å². The predicted octanol–water partition coefficient (Wildman–Crippen LogP) is 1.42. The van der Waals surface area contributed by atoms with Crippen LogP contribution < -0.4 is 10.6 Å². The first-order valence-corrected chi connectivity index (χ1v) is 7.52. The third-order valence-electron chi connectivity index (χ3n) is 4.20. The number of hydrogen-bond donors (Lipinski definition) is 2. The van der Waals surface area contributed by atoms with E-state index in [1.807, 2.05) is 18.2 Å². The summed E-state index contributed by atoms with van der Waals surface area (Å²) in [6.45, 7) is 3.47. The van der Waals surface area contributed by atoms with E-state index in [-0.39, 0.29) is 5.91 Å². The SMILES string of the molecule is O=C(NCC1CCCNC1)C1OCCc2ccccc21. The molecule has 1 amide bonds. The van der Waals surface area contributed by atoms with Gasteiger partial charge in [0.2, 0.25) is 0 Å². The molecular weight excluding hydrogens is 252 g/mol. The van der Waals surface area contributed by atoms with Gasteiger partial charge in [-0.3, -0.25) is 4.79 Å². The summed E-state index contributed by atoms with van der Waals surface area (Å²) >= 11 is 0. The summed E-state index contributed by atoms with van der Waals surface area (Å²) in [6, 6.07) is 8.08. The molecule has 2 atom stereocenters. The van der Waals surface area contributed by atoms with Gasteiger partial charge < -0.3 is 15.4 Å². The lowest BCUT2D eigenvalue weighted by molar-refractivity contribution is -0.134. The van der Waals surface area contributed by atoms with Crippen molar-refractivity contribution in [2.45, 2.75) is 25.4 Å². The minimum absolute atomic E-state index is 0.00252. The fourth-order valence-corrected chi connectivity index (χ4v) is 3.05. The maximum Gasteiger partial charge on any atom is 0.253 e. The van der Waals surface area contributed by atoms with Gasteiger partial charge in [0, 0.05) is 6.54 Å². The summed E-state index contributed by atoms with van der Waals surface area (Å²) in [4.78, 5) is 12.3. The summed E-state index contributed by atoms with van der Waals surface area (Å²) in [5.41, 5.74) is 2.26. The molecule has 1 fully saturated rings. The molecule has 3 rings (SSSR count). The summed E-state index contributed by atoms with van der Waals surface area (Å²) in [6.07, 6.45) is 2.85. The van der Waals surface area contributed by atoms with Crippen molar-refractivity contribution in [3.05, 3.63) is 35.4 Å². The molecule has 0 aliphatic carbocycles. The molecule has 0 saturated carbocycles. The van der Waals surface area contributed by atoms with Crippen LogP contribution in [-0.2, 0) is 16.0 Å². The number of carbonyl (C=O) groups excluding carboxylic acids is 1. The predicted molar refractivity (Wildman–Crippen MR) is 77.4 cm³/mol. The molecule has 2 aliphatic heterocycles. The standard InChI is InChI=1S/C16H22N2O2/c19-16(18-11-12-4-3-8-17-10-12)15-14-6-2-1-5-13(14)7-9-20-15/h1-2,5-6,12,15,17H,3-4,7-11H2,(H,18,19). The number of hydrogen-bond acceptors (Lipinski definition) is 3. The van der Waals surface area contributed by atoms with E-state index >= 15 is 0 Å². The number of benzene rings is 1. The topological polar surface area (TPSA) is 50.4 Å². The quantitative estimate of drug-likeness (QED) is 0.876. The Morgan fingerprint density at radius 1 is 1.40 bits per heavy atom. The molecule has 2 heterocycles. The summed E-state index contributed by atoms with van der Waals surface area (Å²) in [7, 11) is 0. The molecule has 2 aliphatic rings. The zero-order valence-corrected chi connectivity index (χ0v) is 11.7. The molecule has 0 spiro atoms. The Labute approximate surface area is 119 Å². The van der Waals surface area contributed by atoms with Crippen molar-refractivity contribution in [3.63, 3.8) is 0 Å². The number of carbonyl (C=O) groups is 1. The maximum absolute atomic E-state index is 12.3. The van der Waals surface area contributed by atoms with Gasteiger partial charge in [-0.15, -0.1) is 0 Å². The van der Waals surface area contributed by atoms with E-state index in [4.69, 9.17) is 4.74 Å². The number of ether oxygens (including phenoxy) is 1. The van der Waals surface area contributed by atoms with Crippen LogP contribution in [0.3, 0.4) is 0 Å². The van der Waals surface area contributed by atoms with Gasteiger partial charge in [0.1, 0.15) is 0 Å². The number of amides is 1. The second-order valence-corrected chi connectivity index (χ2v) is 5.66. The molecule has 1 aromatic carbocycles. The lowest BCUT2D eigenvalue weighted by atomic mass is 9.96. The average Bonchev–Trinajstić information content (AvgIpc) is 2.53. The molecule has 0 aromatic heterocycles. The van der Waals surface area contributed by atoms with Crippen molar-refractivity contribution in [1.82, 2.24) is 10.6 Å². The van der Waals surface area contributed by atoms with Gasteiger partial charge in [-0.05, 0) is 49.4 Å². The van der Waals surface area contributed by atoms with Gasteiger partial charge in [-0.25, -0.2) is 0 Å². The fourth-order valence-electron chi connectivity index (χ4n) is 3.05. The molecule has 20 heavy (non-hydrogen) atoms. The zero-order valence-electron chi connectivity index (χ0n) is 11.7. The molecular formula is C16H22N2O2. The van der Waals surface area contributed by atoms with Gasteiger partial charge in [0.05, 0.1) is 6.61 Å². The second kappa shape index (κ2) is 6.37. The van der Waals surface area contributed by atoms with Crippen LogP contribution in [0.25, 0.3) is 0 Å². The minimum Gasteiger partial charge on any atom is -0.363 e. The van der Waals surface area contributed by atoms with Crippen molar-refractivity contribution in [1.29, 1.82) is 0 Å². The Hall–Kier alpha value is -1.39. The molecule has 4 nitrogen and oxygen atoms in total. The Morgan fingerprint density at radius 3 is 3.15 bits per heavy atom. The third kappa shape index (κ3) is 3.02. The summed E-state index contributed by atoms with van der Waals surface area (Å²) in [5.74, 6) is 0.550. The zero-order chi connectivity index (χ0) is 13.8. The Kier molecular flexibility index (Phi) is 4.33. The van der Waals surface area contributed by atoms with E-state index in [0.29, 0.717) is 12.5 Å². The van der Waals surface area contributed by atoms with Crippen molar-refractivity contribution in [3.8, 4) is 0 Å². The highest BCUT2D eigenvalue weighted by Gasteiger charge is 2.27. The molecule has 2 N–H and O–H groups in total. The molecule has 4 heteroatoms. The Bertz CT molecular complexity index is 469. The van der Waals surface area contributed by atoms with E-state index in [0.717, 1.165) is 31.6 Å². The summed E-state index contributed by atoms with van der Waals surface area (Å²) < 4.78 is 5.68. The average molecular weight is 274 g/mol. The number of fused-ring (bicyclic) bond motifs is 1. The van der Waals surface area contributed by atoms with Gasteiger partial charge in [0.15, 0.2) is 6.10 Å². The van der Waals surface area contributed by atoms with Crippen LogP contribution in [0.1, 0.15) is 30.1 Å². The van der Waals surface area contributed by atoms with Crippen LogP contribution in [0.2, 0.25) is 0 Å². The lowest BCUT2D eigenvalue weighted by Gasteiger charge is -2.27. The third-order valence-corrected chi connectivity index (χ3v) is 4.20. The molecule has 1 aromatic rings. The van der Waals surface area contributed by atoms with Crippen molar-refractivity contribution in [2.24, 2.45) is 5.92 Å². The normalized spacial score (nSPS) is 25.8. The monoisotopic (exact) mass is 274 g/mol. The molecule has 2 unspecified atom stereocenters. The first-order valence-electron chi connectivity index (χ1n) is 7.52. The number of rotatable bonds is 3. The minimum atomic E-state index is -0.434. The second-order valence-electron chi connectivity index (χ2n) is 5.66. The highest BCUT2D eigenvalue weighted by molar-refractivity contribution is 5.82. The molecule has 0 radical (unpaired) electrons. The first-order chi connectivity index (χ1) is 9.84. The highest BCUT2D eigenvalue weighted by atomic mass is 16.5. The number of nitrogens with one attached hydrogen (secondary N) is 2. The van der Waals surface area contributed by atoms with Crippen LogP contribution in [0.4, 0.5) is 0 Å². The van der Waals surface area contributed by atoms with Crippen molar-refractivity contribution >= 4 is 5.91 Å². The van der Waals surface area contributed by atoms with Crippen LogP contribution in [-0.4, -0.2) is 32.1 Å². The van der Waals surface area contributed by atoms with Crippen molar-refractivity contribution < 1.29 is 9.53 Å². The van der Waals surface area contributed by atoms with Crippen LogP contribution >= 0.6 is 0 Å². The highest BCUT2D eigenvalue weighted by Crippen LogP contribution is 2.27. The van der Waals surface area contributed by atoms with E-state index in [1.54, 1.807) is 0 Å². The van der Waals surface area contributed by atoms with Crippen LogP contribution in [0.15, 0.2) is 24.3 Å². The molecule has 0 bridgehead atoms. The Morgan fingerprint density at radius 2 is 2.30 bits per heavy atom. The van der Waals surface area contributed by atoms with Gasteiger partial charge in [-0.2, -0.15) is 0 Å². The van der Waals surface area contributed by atoms with Gasteiger partial charge in [0.25, 0.3) is 5.91 Å². The first kappa shape index (κ1) is 13.6. The maximum atomic E-state index is 12.3. The fraction of sp³-hybridized carbons (Fsp3) is 0.562. The smallest absolute Gasteiger partial charge is 0.253 e.